The third-order valence-electron chi connectivity index (χ3n) is 3.71. The van der Waals surface area contributed by atoms with Crippen LogP contribution in [0.15, 0.2) is 22.6 Å². The minimum Gasteiger partial charge on any atom is -0.440 e. The summed E-state index contributed by atoms with van der Waals surface area (Å²) in [6.07, 6.45) is 3.33. The molecule has 3 rings (SSSR count). The van der Waals surface area contributed by atoms with E-state index in [-0.39, 0.29) is 12.6 Å². The number of oxazole rings is 1. The Balaban J connectivity index is 1.59. The van der Waals surface area contributed by atoms with Gasteiger partial charge in [0.05, 0.1) is 6.10 Å². The van der Waals surface area contributed by atoms with Gasteiger partial charge in [-0.1, -0.05) is 13.3 Å². The molecule has 1 heterocycles. The van der Waals surface area contributed by atoms with Gasteiger partial charge in [0, 0.05) is 24.2 Å². The summed E-state index contributed by atoms with van der Waals surface area (Å²) in [7, 11) is 0. The van der Waals surface area contributed by atoms with Gasteiger partial charge in [0.25, 0.3) is 0 Å². The Morgan fingerprint density at radius 2 is 2.32 bits per heavy atom. The smallest absolute Gasteiger partial charge is 0.319 e. The third-order valence-corrected chi connectivity index (χ3v) is 3.71. The first-order valence-corrected chi connectivity index (χ1v) is 7.79. The van der Waals surface area contributed by atoms with Crippen LogP contribution in [0.5, 0.6) is 0 Å². The van der Waals surface area contributed by atoms with Gasteiger partial charge >= 0.3 is 6.03 Å². The minimum absolute atomic E-state index is 0.246. The molecule has 0 aliphatic heterocycles. The van der Waals surface area contributed by atoms with Crippen LogP contribution in [0.2, 0.25) is 0 Å². The van der Waals surface area contributed by atoms with E-state index in [0.717, 1.165) is 30.7 Å². The molecule has 0 bridgehead atoms. The maximum Gasteiger partial charge on any atom is 0.319 e. The van der Waals surface area contributed by atoms with Crippen LogP contribution in [0, 0.1) is 0 Å². The lowest BCUT2D eigenvalue weighted by Crippen LogP contribution is -2.35. The number of urea groups is 1. The van der Waals surface area contributed by atoms with Gasteiger partial charge in [-0.2, -0.15) is 0 Å². The van der Waals surface area contributed by atoms with Crippen molar-refractivity contribution in [2.75, 3.05) is 11.9 Å². The molecule has 3 N–H and O–H groups in total. The van der Waals surface area contributed by atoms with Crippen LogP contribution in [0.3, 0.4) is 0 Å². The molecular formula is C16H21N3O3. The number of rotatable bonds is 6. The maximum atomic E-state index is 11.8. The van der Waals surface area contributed by atoms with Crippen LogP contribution in [0.1, 0.15) is 44.4 Å². The van der Waals surface area contributed by atoms with Crippen LogP contribution in [-0.4, -0.2) is 28.8 Å². The molecule has 22 heavy (non-hydrogen) atoms. The van der Waals surface area contributed by atoms with Crippen LogP contribution >= 0.6 is 0 Å². The fraction of sp³-hybridized carbons (Fsp3) is 0.500. The molecule has 2 amide bonds. The summed E-state index contributed by atoms with van der Waals surface area (Å²) in [5.74, 6) is 1.26. The molecule has 1 aromatic heterocycles. The maximum absolute atomic E-state index is 11.8. The molecule has 1 aliphatic rings. The predicted octanol–water partition coefficient (Wildman–Crippen LogP) is 2.99. The van der Waals surface area contributed by atoms with Crippen molar-refractivity contribution in [3.63, 3.8) is 0 Å². The average Bonchev–Trinajstić information content (AvgIpc) is 3.25. The molecule has 6 heteroatoms. The van der Waals surface area contributed by atoms with Crippen LogP contribution in [-0.2, 0) is 0 Å². The molecule has 0 radical (unpaired) electrons. The summed E-state index contributed by atoms with van der Waals surface area (Å²) in [5.41, 5.74) is 2.14. The Morgan fingerprint density at radius 1 is 1.50 bits per heavy atom. The van der Waals surface area contributed by atoms with Gasteiger partial charge in [-0.15, -0.1) is 0 Å². The molecule has 0 spiro atoms. The number of carbonyl (C=O) groups is 1. The van der Waals surface area contributed by atoms with E-state index in [1.807, 2.05) is 13.0 Å². The van der Waals surface area contributed by atoms with E-state index in [2.05, 4.69) is 15.6 Å². The van der Waals surface area contributed by atoms with E-state index in [1.54, 1.807) is 12.1 Å². The third kappa shape index (κ3) is 3.57. The number of fused-ring (bicyclic) bond motifs is 1. The summed E-state index contributed by atoms with van der Waals surface area (Å²) in [6, 6.07) is 5.07. The second-order valence-electron chi connectivity index (χ2n) is 5.79. The first-order chi connectivity index (χ1) is 10.7. The Kier molecular flexibility index (Phi) is 4.29. The molecule has 1 atom stereocenters. The lowest BCUT2D eigenvalue weighted by molar-refractivity contribution is 0.162. The zero-order valence-electron chi connectivity index (χ0n) is 12.6. The van der Waals surface area contributed by atoms with Crippen LogP contribution in [0.4, 0.5) is 10.5 Å². The van der Waals surface area contributed by atoms with Crippen LogP contribution < -0.4 is 10.6 Å². The molecule has 2 aromatic rings. The minimum atomic E-state index is -0.506. The highest BCUT2D eigenvalue weighted by Crippen LogP contribution is 2.40. The topological polar surface area (TPSA) is 87.4 Å². The number of nitrogens with zero attached hydrogens (tertiary/aromatic N) is 1. The summed E-state index contributed by atoms with van der Waals surface area (Å²) < 4.78 is 5.72. The highest BCUT2D eigenvalue weighted by Gasteiger charge is 2.28. The van der Waals surface area contributed by atoms with Gasteiger partial charge in [0.2, 0.25) is 0 Å². The number of nitrogens with one attached hydrogen (secondary N) is 2. The van der Waals surface area contributed by atoms with Crippen molar-refractivity contribution in [3.05, 3.63) is 24.1 Å². The fourth-order valence-corrected chi connectivity index (χ4v) is 2.35. The number of hydrogen-bond donors (Lipinski definition) is 3. The van der Waals surface area contributed by atoms with Crippen molar-refractivity contribution in [2.45, 2.75) is 44.6 Å². The lowest BCUT2D eigenvalue weighted by atomic mass is 10.2. The van der Waals surface area contributed by atoms with Crippen molar-refractivity contribution < 1.29 is 14.3 Å². The van der Waals surface area contributed by atoms with Gasteiger partial charge in [0.15, 0.2) is 11.5 Å². The lowest BCUT2D eigenvalue weighted by Gasteiger charge is -2.11. The normalized spacial score (nSPS) is 15.7. The molecule has 0 saturated heterocycles. The average molecular weight is 303 g/mol. The zero-order valence-corrected chi connectivity index (χ0v) is 12.6. The van der Waals surface area contributed by atoms with Gasteiger partial charge in [-0.3, -0.25) is 0 Å². The fourth-order valence-electron chi connectivity index (χ4n) is 2.35. The van der Waals surface area contributed by atoms with E-state index in [1.165, 1.54) is 0 Å². The Labute approximate surface area is 128 Å². The number of aromatic nitrogens is 1. The summed E-state index contributed by atoms with van der Waals surface area (Å²) >= 11 is 0. The van der Waals surface area contributed by atoms with Gasteiger partial charge < -0.3 is 20.2 Å². The van der Waals surface area contributed by atoms with Gasteiger partial charge in [0.1, 0.15) is 5.52 Å². The number of aliphatic hydroxyl groups excluding tert-OH is 1. The van der Waals surface area contributed by atoms with Crippen molar-refractivity contribution in [1.29, 1.82) is 0 Å². The first kappa shape index (κ1) is 14.8. The Morgan fingerprint density at radius 3 is 3.05 bits per heavy atom. The standard InChI is InChI=1S/C16H21N3O3/c1-2-3-12(20)9-17-16(21)18-11-6-7-13-14(8-11)22-15(19-13)10-4-5-10/h6-8,10,12,20H,2-5,9H2,1H3,(H2,17,18,21). The molecule has 1 fully saturated rings. The van der Waals surface area contributed by atoms with Gasteiger partial charge in [-0.25, -0.2) is 9.78 Å². The Hall–Kier alpha value is -2.08. The molecule has 6 nitrogen and oxygen atoms in total. The van der Waals surface area contributed by atoms with E-state index in [9.17, 15) is 9.90 Å². The highest BCUT2D eigenvalue weighted by molar-refractivity contribution is 5.91. The molecule has 1 saturated carbocycles. The SMILES string of the molecule is CCCC(O)CNC(=O)Nc1ccc2nc(C3CC3)oc2c1. The summed E-state index contributed by atoms with van der Waals surface area (Å²) in [4.78, 5) is 16.2. The van der Waals surface area contributed by atoms with Crippen molar-refractivity contribution in [1.82, 2.24) is 10.3 Å². The van der Waals surface area contributed by atoms with E-state index < -0.39 is 6.10 Å². The second-order valence-corrected chi connectivity index (χ2v) is 5.79. The second kappa shape index (κ2) is 6.36. The largest absolute Gasteiger partial charge is 0.440 e. The van der Waals surface area contributed by atoms with Crippen molar-refractivity contribution in [2.24, 2.45) is 0 Å². The molecular weight excluding hydrogens is 282 g/mol. The number of carbonyl (C=O) groups excluding carboxylic acids is 1. The number of amides is 2. The predicted molar refractivity (Wildman–Crippen MR) is 83.9 cm³/mol. The first-order valence-electron chi connectivity index (χ1n) is 7.79. The number of aliphatic hydroxyl groups is 1. The monoisotopic (exact) mass is 303 g/mol. The van der Waals surface area contributed by atoms with E-state index in [4.69, 9.17) is 4.42 Å². The number of hydrogen-bond acceptors (Lipinski definition) is 4. The molecule has 1 aromatic carbocycles. The van der Waals surface area contributed by atoms with E-state index >= 15 is 0 Å². The Bertz CT molecular complexity index is 664. The molecule has 1 unspecified atom stereocenters. The van der Waals surface area contributed by atoms with Crippen molar-refractivity contribution >= 4 is 22.8 Å². The zero-order chi connectivity index (χ0) is 15.5. The number of benzene rings is 1. The molecule has 1 aliphatic carbocycles. The summed E-state index contributed by atoms with van der Waals surface area (Å²) in [5, 5.41) is 15.0. The van der Waals surface area contributed by atoms with Crippen molar-refractivity contribution in [3.8, 4) is 0 Å². The molecule has 118 valence electrons. The highest BCUT2D eigenvalue weighted by atomic mass is 16.3. The van der Waals surface area contributed by atoms with Crippen LogP contribution in [0.25, 0.3) is 11.1 Å². The quantitative estimate of drug-likeness (QED) is 0.765. The van der Waals surface area contributed by atoms with Gasteiger partial charge in [-0.05, 0) is 31.4 Å². The van der Waals surface area contributed by atoms with E-state index in [0.29, 0.717) is 23.6 Å². The number of anilines is 1. The summed E-state index contributed by atoms with van der Waals surface area (Å²) in [6.45, 7) is 2.24.